The molecule has 0 saturated heterocycles. The van der Waals surface area contributed by atoms with Gasteiger partial charge in [0.05, 0.1) is 0 Å². The minimum Gasteiger partial charge on any atom is -1.00 e. The van der Waals surface area contributed by atoms with Crippen molar-refractivity contribution in [1.82, 2.24) is 0 Å². The van der Waals surface area contributed by atoms with Gasteiger partial charge in [-0.1, -0.05) is 0 Å². The first-order valence-corrected chi connectivity index (χ1v) is 10.2. The minimum absolute atomic E-state index is 0. The second-order valence-electron chi connectivity index (χ2n) is 4.25. The molecule has 0 fully saturated rings. The van der Waals surface area contributed by atoms with Crippen LogP contribution in [-0.4, -0.2) is 8.80 Å². The summed E-state index contributed by atoms with van der Waals surface area (Å²) in [6.45, 7) is 4.76. The Bertz CT molecular complexity index is 395. The Morgan fingerprint density at radius 1 is 1.24 bits per heavy atom. The first-order chi connectivity index (χ1) is 7.18. The van der Waals surface area contributed by atoms with E-state index >= 15 is 0 Å². The van der Waals surface area contributed by atoms with Gasteiger partial charge in [0.1, 0.15) is 0 Å². The standard InChI is InChI=1S/C7H10ClSi.C5H5.2ClH.Ti/c1-9(2)7-5-3-4-6(7)8;1-2-4-5-3-1;;;/h4,9H,3H2,1-2H3;1-3H,4H2;2*1H;/q;;;;+2/p-2. The first kappa shape index (κ1) is 17.8. The summed E-state index contributed by atoms with van der Waals surface area (Å²) in [5, 5.41) is 2.64. The van der Waals surface area contributed by atoms with Gasteiger partial charge in [0.2, 0.25) is 0 Å². The topological polar surface area (TPSA) is 0 Å². The van der Waals surface area contributed by atoms with Gasteiger partial charge in [0.15, 0.2) is 0 Å². The van der Waals surface area contributed by atoms with E-state index in [9.17, 15) is 0 Å². The molecule has 0 nitrogen and oxygen atoms in total. The van der Waals surface area contributed by atoms with Crippen LogP contribution >= 0.6 is 11.6 Å². The molecule has 0 spiro atoms. The van der Waals surface area contributed by atoms with E-state index in [1.54, 1.807) is 13.0 Å². The van der Waals surface area contributed by atoms with E-state index in [1.165, 1.54) is 6.42 Å². The molecule has 0 amide bonds. The van der Waals surface area contributed by atoms with Crippen LogP contribution in [-0.2, 0) is 19.2 Å². The molecular formula is C12H15Cl3SiTi. The van der Waals surface area contributed by atoms with Gasteiger partial charge in [-0.25, -0.2) is 0 Å². The van der Waals surface area contributed by atoms with Crippen molar-refractivity contribution in [2.75, 3.05) is 0 Å². The van der Waals surface area contributed by atoms with Crippen LogP contribution in [0.5, 0.6) is 0 Å². The Balaban J connectivity index is 0.00000128. The van der Waals surface area contributed by atoms with Crippen molar-refractivity contribution in [1.29, 1.82) is 0 Å². The summed E-state index contributed by atoms with van der Waals surface area (Å²) in [5.41, 5.74) is 0. The normalized spacial score (nSPS) is 17.4. The smallest absolute Gasteiger partial charge is 1.00 e. The van der Waals surface area contributed by atoms with Crippen LogP contribution in [0.25, 0.3) is 0 Å². The monoisotopic (exact) mass is 340 g/mol. The maximum absolute atomic E-state index is 6.28. The van der Waals surface area contributed by atoms with Crippen molar-refractivity contribution in [3.8, 4) is 0 Å². The molecule has 0 aliphatic heterocycles. The Morgan fingerprint density at radius 3 is 2.47 bits per heavy atom. The van der Waals surface area contributed by atoms with E-state index in [2.05, 4.69) is 37.4 Å². The molecule has 0 aromatic rings. The zero-order chi connectivity index (χ0) is 10.8. The summed E-state index contributed by atoms with van der Waals surface area (Å²) in [5.74, 6) is 0. The number of hydrogen-bond donors (Lipinski definition) is 0. The average Bonchev–Trinajstić information content (AvgIpc) is 2.76. The van der Waals surface area contributed by atoms with Crippen LogP contribution in [0.2, 0.25) is 13.1 Å². The summed E-state index contributed by atoms with van der Waals surface area (Å²) in [6, 6.07) is 0. The fourth-order valence-corrected chi connectivity index (χ4v) is 8.10. The van der Waals surface area contributed by atoms with E-state index in [1.807, 2.05) is 0 Å². The summed E-state index contributed by atoms with van der Waals surface area (Å²) < 4.78 is 3.37. The van der Waals surface area contributed by atoms with E-state index in [-0.39, 0.29) is 44.0 Å². The Labute approximate surface area is 132 Å². The predicted molar refractivity (Wildman–Crippen MR) is 66.3 cm³/mol. The fourth-order valence-electron chi connectivity index (χ4n) is 2.03. The van der Waals surface area contributed by atoms with Crippen LogP contribution in [0.1, 0.15) is 12.8 Å². The molecule has 0 heterocycles. The molecule has 0 radical (unpaired) electrons. The first-order valence-electron chi connectivity index (χ1n) is 5.40. The third kappa shape index (κ3) is 4.42. The zero-order valence-electron chi connectivity index (χ0n) is 9.93. The molecule has 2 aliphatic rings. The molecule has 0 atom stereocenters. The summed E-state index contributed by atoms with van der Waals surface area (Å²) in [6.07, 6.45) is 11.3. The van der Waals surface area contributed by atoms with Gasteiger partial charge in [-0.15, -0.1) is 0 Å². The van der Waals surface area contributed by atoms with Gasteiger partial charge in [-0.3, -0.25) is 0 Å². The maximum Gasteiger partial charge on any atom is -1.00 e. The maximum atomic E-state index is 6.28. The van der Waals surface area contributed by atoms with Crippen molar-refractivity contribution in [3.63, 3.8) is 0 Å². The van der Waals surface area contributed by atoms with Gasteiger partial charge in [-0.05, 0) is 0 Å². The van der Waals surface area contributed by atoms with Crippen LogP contribution in [0.3, 0.4) is 0 Å². The van der Waals surface area contributed by atoms with Crippen molar-refractivity contribution in [2.45, 2.75) is 25.9 Å². The van der Waals surface area contributed by atoms with Gasteiger partial charge >= 0.3 is 108 Å². The van der Waals surface area contributed by atoms with Gasteiger partial charge in [0, 0.05) is 0 Å². The number of hydrogen-bond acceptors (Lipinski definition) is 0. The number of allylic oxidation sites excluding steroid dienone is 8. The molecule has 0 bridgehead atoms. The van der Waals surface area contributed by atoms with Gasteiger partial charge in [0.25, 0.3) is 0 Å². The van der Waals surface area contributed by atoms with Crippen LogP contribution < -0.4 is 24.8 Å². The van der Waals surface area contributed by atoms with Crippen molar-refractivity contribution < 1.29 is 44.0 Å². The number of halogens is 3. The Morgan fingerprint density at radius 2 is 1.94 bits per heavy atom. The zero-order valence-corrected chi connectivity index (χ0v) is 14.9. The molecule has 2 aliphatic carbocycles. The van der Waals surface area contributed by atoms with Crippen LogP contribution in [0, 0.1) is 0 Å². The minimum atomic E-state index is -0.736. The predicted octanol–water partition coefficient (Wildman–Crippen LogP) is -2.27. The molecule has 92 valence electrons. The third-order valence-corrected chi connectivity index (χ3v) is 7.82. The van der Waals surface area contributed by atoms with E-state index in [0.29, 0.717) is 0 Å². The fraction of sp³-hybridized carbons (Fsp3) is 0.333. The van der Waals surface area contributed by atoms with Crippen molar-refractivity contribution in [3.05, 3.63) is 42.3 Å². The van der Waals surface area contributed by atoms with Crippen molar-refractivity contribution >= 4 is 20.4 Å². The molecule has 0 unspecified atom stereocenters. The summed E-state index contributed by atoms with van der Waals surface area (Å²) in [7, 11) is -0.736. The van der Waals surface area contributed by atoms with Crippen LogP contribution in [0.4, 0.5) is 0 Å². The van der Waals surface area contributed by atoms with E-state index < -0.39 is 8.80 Å². The average molecular weight is 342 g/mol. The molecule has 5 heteroatoms. The quantitative estimate of drug-likeness (QED) is 0.508. The van der Waals surface area contributed by atoms with E-state index in [4.69, 9.17) is 11.6 Å². The molecular weight excluding hydrogens is 326 g/mol. The molecule has 17 heavy (non-hydrogen) atoms. The summed E-state index contributed by atoms with van der Waals surface area (Å²) >= 11 is 6.23. The van der Waals surface area contributed by atoms with Crippen molar-refractivity contribution in [2.24, 2.45) is 0 Å². The van der Waals surface area contributed by atoms with Gasteiger partial charge in [-0.2, -0.15) is 0 Å². The molecule has 0 aromatic carbocycles. The molecule has 2 rings (SSSR count). The summed E-state index contributed by atoms with van der Waals surface area (Å²) in [4.78, 5) is 0. The molecule has 0 N–H and O–H groups in total. The second kappa shape index (κ2) is 8.04. The van der Waals surface area contributed by atoms with Gasteiger partial charge < -0.3 is 24.8 Å². The SMILES string of the molecule is C[SiH](C)C1=[C]([Ti+2][C]2=CC=CC2)CC=C1Cl.[Cl-].[Cl-]. The largest absolute Gasteiger partial charge is 1.00 e. The van der Waals surface area contributed by atoms with E-state index in [0.717, 1.165) is 11.5 Å². The second-order valence-corrected chi connectivity index (χ2v) is 9.88. The Kier molecular flexibility index (Phi) is 8.40. The molecule has 0 saturated carbocycles. The van der Waals surface area contributed by atoms with Crippen LogP contribution in [0.15, 0.2) is 42.3 Å². The third-order valence-electron chi connectivity index (χ3n) is 2.73. The molecule has 0 aromatic heterocycles. The number of rotatable bonds is 3. The Hall–Kier alpha value is 0.761.